The number of aryl methyl sites for hydroxylation is 1. The minimum absolute atomic E-state index is 0.350. The second-order valence-corrected chi connectivity index (χ2v) is 5.28. The molecule has 0 amide bonds. The largest absolute Gasteiger partial charge is 0.382 e. The molecule has 0 radical (unpaired) electrons. The van der Waals surface area contributed by atoms with E-state index < -0.39 is 6.10 Å². The van der Waals surface area contributed by atoms with Crippen molar-refractivity contribution in [3.05, 3.63) is 50.4 Å². The van der Waals surface area contributed by atoms with Crippen LogP contribution in [-0.2, 0) is 7.05 Å². The van der Waals surface area contributed by atoms with Gasteiger partial charge in [0.1, 0.15) is 11.9 Å². The fourth-order valence-corrected chi connectivity index (χ4v) is 2.73. The summed E-state index contributed by atoms with van der Waals surface area (Å²) in [5.74, 6) is -0.350. The number of hydrogen-bond donors (Lipinski definition) is 1. The van der Waals surface area contributed by atoms with E-state index in [0.29, 0.717) is 20.2 Å². The van der Waals surface area contributed by atoms with Crippen molar-refractivity contribution in [2.45, 2.75) is 6.10 Å². The van der Waals surface area contributed by atoms with E-state index in [1.54, 1.807) is 24.0 Å². The van der Waals surface area contributed by atoms with Gasteiger partial charge in [-0.1, -0.05) is 22.0 Å². The van der Waals surface area contributed by atoms with Crippen LogP contribution in [0.15, 0.2) is 33.3 Å². The number of aliphatic hydroxyl groups excluding tert-OH is 1. The number of benzene rings is 1. The van der Waals surface area contributed by atoms with Crippen molar-refractivity contribution in [3.63, 3.8) is 0 Å². The Balaban J connectivity index is 2.47. The van der Waals surface area contributed by atoms with Crippen LogP contribution in [0, 0.1) is 5.82 Å². The molecule has 0 aliphatic carbocycles. The molecule has 2 aromatic rings. The molecule has 0 spiro atoms. The average Bonchev–Trinajstić information content (AvgIpc) is 2.58. The number of hydrogen-bond acceptors (Lipinski definition) is 2. The van der Waals surface area contributed by atoms with Gasteiger partial charge in [-0.25, -0.2) is 4.39 Å². The van der Waals surface area contributed by atoms with Crippen LogP contribution in [0.3, 0.4) is 0 Å². The first-order valence-electron chi connectivity index (χ1n) is 4.81. The Morgan fingerprint density at radius 1 is 1.35 bits per heavy atom. The minimum atomic E-state index is -0.869. The maximum absolute atomic E-state index is 13.0. The molecule has 17 heavy (non-hydrogen) atoms. The molecule has 1 atom stereocenters. The quantitative estimate of drug-likeness (QED) is 0.889. The van der Waals surface area contributed by atoms with Gasteiger partial charge >= 0.3 is 0 Å². The molecule has 0 saturated carbocycles. The van der Waals surface area contributed by atoms with Crippen LogP contribution in [0.1, 0.15) is 17.4 Å². The van der Waals surface area contributed by atoms with Gasteiger partial charge in [0.2, 0.25) is 0 Å². The standard InChI is InChI=1S/C11H9Br2FN2O/c1-16-10(9(13)5-15-16)11(17)7-3-2-6(14)4-8(7)12/h2-5,11,17H,1H3. The zero-order chi connectivity index (χ0) is 12.6. The summed E-state index contributed by atoms with van der Waals surface area (Å²) in [5, 5.41) is 14.3. The third-order valence-corrected chi connectivity index (χ3v) is 3.75. The summed E-state index contributed by atoms with van der Waals surface area (Å²) < 4.78 is 15.8. The summed E-state index contributed by atoms with van der Waals surface area (Å²) in [6.45, 7) is 0. The van der Waals surface area contributed by atoms with Gasteiger partial charge in [0.05, 0.1) is 16.4 Å². The van der Waals surface area contributed by atoms with E-state index in [9.17, 15) is 9.50 Å². The summed E-state index contributed by atoms with van der Waals surface area (Å²) in [5.41, 5.74) is 1.22. The molecule has 3 nitrogen and oxygen atoms in total. The molecule has 6 heteroatoms. The summed E-state index contributed by atoms with van der Waals surface area (Å²) in [6.07, 6.45) is 0.738. The lowest BCUT2D eigenvalue weighted by Gasteiger charge is -2.14. The van der Waals surface area contributed by atoms with Crippen molar-refractivity contribution < 1.29 is 9.50 Å². The lowest BCUT2D eigenvalue weighted by molar-refractivity contribution is 0.208. The second kappa shape index (κ2) is 4.88. The first-order valence-corrected chi connectivity index (χ1v) is 6.39. The maximum Gasteiger partial charge on any atom is 0.124 e. The Bertz CT molecular complexity index is 537. The van der Waals surface area contributed by atoms with Gasteiger partial charge in [-0.15, -0.1) is 0 Å². The molecule has 90 valence electrons. The van der Waals surface area contributed by atoms with E-state index >= 15 is 0 Å². The van der Waals surface area contributed by atoms with Gasteiger partial charge in [0.25, 0.3) is 0 Å². The van der Waals surface area contributed by atoms with Crippen LogP contribution in [0.2, 0.25) is 0 Å². The molecule has 1 unspecified atom stereocenters. The van der Waals surface area contributed by atoms with Crippen LogP contribution in [0.25, 0.3) is 0 Å². The minimum Gasteiger partial charge on any atom is -0.382 e. The number of rotatable bonds is 2. The predicted molar refractivity (Wildman–Crippen MR) is 69.1 cm³/mol. The third kappa shape index (κ3) is 2.43. The van der Waals surface area contributed by atoms with Gasteiger partial charge in [-0.05, 0) is 28.1 Å². The fraction of sp³-hybridized carbons (Fsp3) is 0.182. The van der Waals surface area contributed by atoms with Crippen molar-refractivity contribution in [2.24, 2.45) is 7.05 Å². The molecule has 2 rings (SSSR count). The highest BCUT2D eigenvalue weighted by atomic mass is 79.9. The predicted octanol–water partition coefficient (Wildman–Crippen LogP) is 3.17. The Labute approximate surface area is 115 Å². The molecule has 1 heterocycles. The molecule has 1 aromatic carbocycles. The third-order valence-electron chi connectivity index (χ3n) is 2.45. The highest BCUT2D eigenvalue weighted by Gasteiger charge is 2.20. The van der Waals surface area contributed by atoms with Gasteiger partial charge in [0.15, 0.2) is 0 Å². The van der Waals surface area contributed by atoms with Gasteiger partial charge in [-0.2, -0.15) is 5.10 Å². The highest BCUT2D eigenvalue weighted by molar-refractivity contribution is 9.10. The fourth-order valence-electron chi connectivity index (χ4n) is 1.60. The number of halogens is 3. The van der Waals surface area contributed by atoms with Gasteiger partial charge in [-0.3, -0.25) is 4.68 Å². The van der Waals surface area contributed by atoms with E-state index in [2.05, 4.69) is 37.0 Å². The van der Waals surface area contributed by atoms with Crippen molar-refractivity contribution in [1.82, 2.24) is 9.78 Å². The Morgan fingerprint density at radius 2 is 2.06 bits per heavy atom. The zero-order valence-electron chi connectivity index (χ0n) is 8.86. The number of nitrogens with zero attached hydrogens (tertiary/aromatic N) is 2. The molecule has 1 aromatic heterocycles. The van der Waals surface area contributed by atoms with E-state index in [1.807, 2.05) is 0 Å². The van der Waals surface area contributed by atoms with Crippen LogP contribution in [0.4, 0.5) is 4.39 Å². The number of aromatic nitrogens is 2. The monoisotopic (exact) mass is 362 g/mol. The summed E-state index contributed by atoms with van der Waals surface area (Å²) >= 11 is 6.56. The molecule has 1 N–H and O–H groups in total. The Hall–Kier alpha value is -0.720. The molecule has 0 bridgehead atoms. The van der Waals surface area contributed by atoms with Crippen molar-refractivity contribution >= 4 is 31.9 Å². The van der Waals surface area contributed by atoms with Crippen LogP contribution >= 0.6 is 31.9 Å². The second-order valence-electron chi connectivity index (χ2n) is 3.57. The lowest BCUT2D eigenvalue weighted by Crippen LogP contribution is -2.08. The summed E-state index contributed by atoms with van der Waals surface area (Å²) in [4.78, 5) is 0. The molecular weight excluding hydrogens is 355 g/mol. The maximum atomic E-state index is 13.0. The first kappa shape index (κ1) is 12.7. The van der Waals surface area contributed by atoms with Crippen molar-refractivity contribution in [2.75, 3.05) is 0 Å². The van der Waals surface area contributed by atoms with E-state index in [1.165, 1.54) is 12.1 Å². The van der Waals surface area contributed by atoms with Crippen molar-refractivity contribution in [3.8, 4) is 0 Å². The average molecular weight is 364 g/mol. The first-order chi connectivity index (χ1) is 8.00. The van der Waals surface area contributed by atoms with Crippen molar-refractivity contribution in [1.29, 1.82) is 0 Å². The zero-order valence-corrected chi connectivity index (χ0v) is 12.0. The topological polar surface area (TPSA) is 38.0 Å². The van der Waals surface area contributed by atoms with E-state index in [0.717, 1.165) is 0 Å². The Morgan fingerprint density at radius 3 is 2.59 bits per heavy atom. The molecule has 0 aliphatic heterocycles. The van der Waals surface area contributed by atoms with Crippen LogP contribution in [0.5, 0.6) is 0 Å². The van der Waals surface area contributed by atoms with Crippen LogP contribution < -0.4 is 0 Å². The normalized spacial score (nSPS) is 12.8. The molecule has 0 fully saturated rings. The summed E-state index contributed by atoms with van der Waals surface area (Å²) in [6, 6.07) is 4.18. The van der Waals surface area contributed by atoms with E-state index in [-0.39, 0.29) is 5.82 Å². The van der Waals surface area contributed by atoms with Crippen LogP contribution in [-0.4, -0.2) is 14.9 Å². The van der Waals surface area contributed by atoms with Gasteiger partial charge < -0.3 is 5.11 Å². The molecule has 0 aliphatic rings. The molecule has 0 saturated heterocycles. The van der Waals surface area contributed by atoms with E-state index in [4.69, 9.17) is 0 Å². The highest BCUT2D eigenvalue weighted by Crippen LogP contribution is 2.32. The smallest absolute Gasteiger partial charge is 0.124 e. The summed E-state index contributed by atoms with van der Waals surface area (Å²) in [7, 11) is 1.74. The molecular formula is C11H9Br2FN2O. The Kier molecular flexibility index (Phi) is 3.65. The van der Waals surface area contributed by atoms with Gasteiger partial charge in [0, 0.05) is 17.1 Å². The number of aliphatic hydroxyl groups is 1. The lowest BCUT2D eigenvalue weighted by atomic mass is 10.1. The SMILES string of the molecule is Cn1ncc(Br)c1C(O)c1ccc(F)cc1Br.